The lowest BCUT2D eigenvalue weighted by atomic mass is 10.0. The molecule has 0 bridgehead atoms. The number of benzene rings is 2. The molecular formula is C23H16F7N7O. The number of fused-ring (bicyclic) bond motifs is 1. The zero-order chi connectivity index (χ0) is 27.2. The number of amides is 1. The summed E-state index contributed by atoms with van der Waals surface area (Å²) in [5, 5.41) is 8.12. The van der Waals surface area contributed by atoms with E-state index in [1.165, 1.54) is 34.1 Å². The third-order valence-corrected chi connectivity index (χ3v) is 5.97. The molecule has 1 aliphatic heterocycles. The first-order chi connectivity index (χ1) is 17.9. The lowest BCUT2D eigenvalue weighted by Gasteiger charge is -2.35. The summed E-state index contributed by atoms with van der Waals surface area (Å²) in [6.45, 7) is 0.325. The number of anilines is 1. The van der Waals surface area contributed by atoms with Crippen LogP contribution < -0.4 is 4.90 Å². The molecule has 1 saturated heterocycles. The van der Waals surface area contributed by atoms with Gasteiger partial charge in [-0.1, -0.05) is 11.3 Å². The monoisotopic (exact) mass is 539 g/mol. The Morgan fingerprint density at radius 1 is 0.842 bits per heavy atom. The number of alkyl halides is 6. The number of piperazine rings is 1. The Balaban J connectivity index is 1.37. The van der Waals surface area contributed by atoms with Gasteiger partial charge >= 0.3 is 12.4 Å². The molecule has 38 heavy (non-hydrogen) atoms. The third-order valence-electron chi connectivity index (χ3n) is 5.97. The maximum Gasteiger partial charge on any atom is 0.416 e. The van der Waals surface area contributed by atoms with E-state index in [0.717, 1.165) is 0 Å². The Hall–Kier alpha value is -4.30. The summed E-state index contributed by atoms with van der Waals surface area (Å²) >= 11 is 0. The normalized spacial score (nSPS) is 14.8. The van der Waals surface area contributed by atoms with Gasteiger partial charge in [0.15, 0.2) is 17.0 Å². The van der Waals surface area contributed by atoms with E-state index >= 15 is 0 Å². The summed E-state index contributed by atoms with van der Waals surface area (Å²) in [5.41, 5.74) is -2.85. The second-order valence-corrected chi connectivity index (χ2v) is 8.42. The highest BCUT2D eigenvalue weighted by molar-refractivity contribution is 5.95. The zero-order valence-electron chi connectivity index (χ0n) is 19.1. The summed E-state index contributed by atoms with van der Waals surface area (Å²) < 4.78 is 94.2. The average molecular weight is 539 g/mol. The van der Waals surface area contributed by atoms with Crippen molar-refractivity contribution < 1.29 is 35.5 Å². The van der Waals surface area contributed by atoms with Gasteiger partial charge in [0.2, 0.25) is 0 Å². The van der Waals surface area contributed by atoms with Crippen LogP contribution in [0.5, 0.6) is 0 Å². The molecule has 198 valence electrons. The van der Waals surface area contributed by atoms with Crippen molar-refractivity contribution in [2.24, 2.45) is 0 Å². The largest absolute Gasteiger partial charge is 0.416 e. The standard InChI is InChI=1S/C23H16F7N7O/c24-16-2-1-3-17(11-16)37-20-18(33-34-37)19(31-12-32-20)35-4-6-36(7-5-35)21(38)13-8-14(22(25,26)27)10-15(9-13)23(28,29)30/h1-3,8-12H,4-7H2. The number of rotatable bonds is 3. The van der Waals surface area contributed by atoms with Crippen LogP contribution in [-0.4, -0.2) is 61.9 Å². The Morgan fingerprint density at radius 3 is 2.11 bits per heavy atom. The summed E-state index contributed by atoms with van der Waals surface area (Å²) in [5.74, 6) is -1.07. The number of halogens is 7. The van der Waals surface area contributed by atoms with E-state index in [9.17, 15) is 35.5 Å². The first-order valence-electron chi connectivity index (χ1n) is 11.1. The Kier molecular flexibility index (Phi) is 6.15. The fourth-order valence-electron chi connectivity index (χ4n) is 4.13. The number of carbonyl (C=O) groups excluding carboxylic acids is 1. The fourth-order valence-corrected chi connectivity index (χ4v) is 4.13. The quantitative estimate of drug-likeness (QED) is 0.361. The van der Waals surface area contributed by atoms with Gasteiger partial charge in [-0.05, 0) is 36.4 Å². The predicted molar refractivity (Wildman–Crippen MR) is 119 cm³/mol. The van der Waals surface area contributed by atoms with Gasteiger partial charge in [0.05, 0.1) is 16.8 Å². The SMILES string of the molecule is O=C(c1cc(C(F)(F)F)cc(C(F)(F)F)c1)N1CCN(c2ncnc3c2nnn3-c2cccc(F)c2)CC1. The highest BCUT2D eigenvalue weighted by atomic mass is 19.4. The van der Waals surface area contributed by atoms with Gasteiger partial charge < -0.3 is 9.80 Å². The number of hydrogen-bond acceptors (Lipinski definition) is 6. The number of carbonyl (C=O) groups is 1. The molecule has 15 heteroatoms. The molecule has 1 aliphatic rings. The zero-order valence-corrected chi connectivity index (χ0v) is 19.1. The molecule has 0 radical (unpaired) electrons. The van der Waals surface area contributed by atoms with Crippen LogP contribution in [0.15, 0.2) is 48.8 Å². The minimum Gasteiger partial charge on any atom is -0.351 e. The highest BCUT2D eigenvalue weighted by Gasteiger charge is 2.38. The maximum absolute atomic E-state index is 13.7. The van der Waals surface area contributed by atoms with Crippen molar-refractivity contribution >= 4 is 22.9 Å². The fraction of sp³-hybridized carbons (Fsp3) is 0.261. The molecular weight excluding hydrogens is 523 g/mol. The highest BCUT2D eigenvalue weighted by Crippen LogP contribution is 2.36. The van der Waals surface area contributed by atoms with Crippen molar-refractivity contribution in [3.05, 3.63) is 71.3 Å². The van der Waals surface area contributed by atoms with Gasteiger partial charge in [-0.2, -0.15) is 31.0 Å². The molecule has 0 atom stereocenters. The van der Waals surface area contributed by atoms with E-state index in [1.807, 2.05) is 0 Å². The van der Waals surface area contributed by atoms with Crippen molar-refractivity contribution in [1.29, 1.82) is 0 Å². The van der Waals surface area contributed by atoms with E-state index in [0.29, 0.717) is 34.8 Å². The summed E-state index contributed by atoms with van der Waals surface area (Å²) in [7, 11) is 0. The predicted octanol–water partition coefficient (Wildman–Crippen LogP) is 4.35. The van der Waals surface area contributed by atoms with Crippen LogP contribution >= 0.6 is 0 Å². The van der Waals surface area contributed by atoms with Gasteiger partial charge in [0.1, 0.15) is 12.1 Å². The molecule has 0 N–H and O–H groups in total. The van der Waals surface area contributed by atoms with Crippen LogP contribution in [0.25, 0.3) is 16.9 Å². The second-order valence-electron chi connectivity index (χ2n) is 8.42. The van der Waals surface area contributed by atoms with Crippen molar-refractivity contribution in [2.45, 2.75) is 12.4 Å². The molecule has 0 spiro atoms. The Morgan fingerprint density at radius 2 is 1.50 bits per heavy atom. The molecule has 3 heterocycles. The molecule has 2 aromatic carbocycles. The van der Waals surface area contributed by atoms with Gasteiger partial charge in [0.25, 0.3) is 5.91 Å². The van der Waals surface area contributed by atoms with E-state index in [-0.39, 0.29) is 32.2 Å². The summed E-state index contributed by atoms with van der Waals surface area (Å²) in [6, 6.07) is 6.45. The lowest BCUT2D eigenvalue weighted by molar-refractivity contribution is -0.143. The van der Waals surface area contributed by atoms with Gasteiger partial charge in [0, 0.05) is 31.7 Å². The molecule has 0 unspecified atom stereocenters. The van der Waals surface area contributed by atoms with E-state index in [4.69, 9.17) is 0 Å². The van der Waals surface area contributed by atoms with Gasteiger partial charge in [-0.3, -0.25) is 4.79 Å². The van der Waals surface area contributed by atoms with E-state index in [2.05, 4.69) is 20.3 Å². The topological polar surface area (TPSA) is 80.0 Å². The van der Waals surface area contributed by atoms with Crippen LogP contribution in [-0.2, 0) is 12.4 Å². The Labute approximate surface area is 209 Å². The van der Waals surface area contributed by atoms with E-state index in [1.54, 1.807) is 11.0 Å². The number of nitrogens with zero attached hydrogens (tertiary/aromatic N) is 7. The smallest absolute Gasteiger partial charge is 0.351 e. The third kappa shape index (κ3) is 4.82. The average Bonchev–Trinajstić information content (AvgIpc) is 3.31. The molecule has 1 amide bonds. The molecule has 0 aliphatic carbocycles. The van der Waals surface area contributed by atoms with Crippen molar-refractivity contribution in [2.75, 3.05) is 31.1 Å². The van der Waals surface area contributed by atoms with E-state index < -0.39 is 40.8 Å². The molecule has 0 saturated carbocycles. The van der Waals surface area contributed by atoms with Crippen molar-refractivity contribution in [3.8, 4) is 5.69 Å². The Bertz CT molecular complexity index is 1480. The number of aromatic nitrogens is 5. The first-order valence-corrected chi connectivity index (χ1v) is 11.1. The lowest BCUT2D eigenvalue weighted by Crippen LogP contribution is -2.49. The second kappa shape index (κ2) is 9.22. The molecule has 8 nitrogen and oxygen atoms in total. The van der Waals surface area contributed by atoms with Crippen LogP contribution in [0.2, 0.25) is 0 Å². The van der Waals surface area contributed by atoms with Gasteiger partial charge in [-0.25, -0.2) is 14.4 Å². The van der Waals surface area contributed by atoms with Crippen LogP contribution in [0, 0.1) is 5.82 Å². The molecule has 4 aromatic rings. The molecule has 1 fully saturated rings. The minimum absolute atomic E-state index is 0.0000398. The van der Waals surface area contributed by atoms with Crippen molar-refractivity contribution in [3.63, 3.8) is 0 Å². The molecule has 2 aromatic heterocycles. The number of hydrogen-bond donors (Lipinski definition) is 0. The molecule has 5 rings (SSSR count). The minimum atomic E-state index is -5.06. The van der Waals surface area contributed by atoms with Crippen molar-refractivity contribution in [1.82, 2.24) is 29.9 Å². The van der Waals surface area contributed by atoms with Crippen LogP contribution in [0.3, 0.4) is 0 Å². The van der Waals surface area contributed by atoms with Crippen LogP contribution in [0.4, 0.5) is 36.6 Å². The van der Waals surface area contributed by atoms with Crippen LogP contribution in [0.1, 0.15) is 21.5 Å². The van der Waals surface area contributed by atoms with Gasteiger partial charge in [-0.15, -0.1) is 5.10 Å². The maximum atomic E-state index is 13.7. The summed E-state index contributed by atoms with van der Waals surface area (Å²) in [6.07, 6.45) is -8.86. The first kappa shape index (κ1) is 25.4. The summed E-state index contributed by atoms with van der Waals surface area (Å²) in [4.78, 5) is 24.2.